The molecule has 1 fully saturated rings. The van der Waals surface area contributed by atoms with Gasteiger partial charge in [0.15, 0.2) is 0 Å². The Bertz CT molecular complexity index is 247. The summed E-state index contributed by atoms with van der Waals surface area (Å²) in [4.78, 5) is 2.47. The number of hydrogen-bond acceptors (Lipinski definition) is 3. The van der Waals surface area contributed by atoms with Crippen LogP contribution >= 0.6 is 0 Å². The van der Waals surface area contributed by atoms with Crippen molar-refractivity contribution in [1.29, 1.82) is 0 Å². The quantitative estimate of drug-likeness (QED) is 0.710. The van der Waals surface area contributed by atoms with Crippen molar-refractivity contribution in [2.24, 2.45) is 0 Å². The van der Waals surface area contributed by atoms with Gasteiger partial charge in [0.05, 0.1) is 12.7 Å². The molecule has 1 N–H and O–H groups in total. The average Bonchev–Trinajstić information content (AvgIpc) is 2.34. The Balaban J connectivity index is 2.29. The molecule has 0 radical (unpaired) electrons. The Morgan fingerprint density at radius 2 is 2.29 bits per heavy atom. The molecule has 1 rings (SSSR count). The van der Waals surface area contributed by atoms with Crippen LogP contribution in [0.1, 0.15) is 33.6 Å². The second kappa shape index (κ2) is 7.71. The summed E-state index contributed by atoms with van der Waals surface area (Å²) in [6.07, 6.45) is 7.53. The van der Waals surface area contributed by atoms with Crippen LogP contribution in [0.4, 0.5) is 0 Å². The number of ether oxygens (including phenoxy) is 1. The van der Waals surface area contributed by atoms with Gasteiger partial charge >= 0.3 is 0 Å². The van der Waals surface area contributed by atoms with Gasteiger partial charge < -0.3 is 10.1 Å². The second-order valence-corrected chi connectivity index (χ2v) is 5.00. The maximum absolute atomic E-state index is 5.78. The minimum Gasteiger partial charge on any atom is -0.374 e. The summed E-state index contributed by atoms with van der Waals surface area (Å²) in [6, 6.07) is 1.03. The molecule has 0 aromatic heterocycles. The Morgan fingerprint density at radius 3 is 2.88 bits per heavy atom. The Hall–Kier alpha value is -0.560. The van der Waals surface area contributed by atoms with Crippen LogP contribution in [0.15, 0.2) is 0 Å². The van der Waals surface area contributed by atoms with E-state index in [2.05, 4.69) is 36.9 Å². The molecule has 0 spiro atoms. The number of rotatable bonds is 6. The number of terminal acetylenes is 1. The van der Waals surface area contributed by atoms with Crippen molar-refractivity contribution in [3.63, 3.8) is 0 Å². The Labute approximate surface area is 106 Å². The maximum Gasteiger partial charge on any atom is 0.0826 e. The van der Waals surface area contributed by atoms with Crippen molar-refractivity contribution < 1.29 is 4.74 Å². The highest BCUT2D eigenvalue weighted by molar-refractivity contribution is 4.90. The molecule has 0 saturated carbocycles. The van der Waals surface area contributed by atoms with E-state index in [9.17, 15) is 0 Å². The van der Waals surface area contributed by atoms with Crippen molar-refractivity contribution >= 4 is 0 Å². The van der Waals surface area contributed by atoms with Crippen molar-refractivity contribution in [3.05, 3.63) is 0 Å². The zero-order valence-corrected chi connectivity index (χ0v) is 11.4. The molecule has 2 atom stereocenters. The summed E-state index contributed by atoms with van der Waals surface area (Å²) < 4.78 is 5.78. The lowest BCUT2D eigenvalue weighted by atomic mass is 10.1. The van der Waals surface area contributed by atoms with Crippen molar-refractivity contribution in [2.45, 2.75) is 51.8 Å². The van der Waals surface area contributed by atoms with E-state index in [1.807, 2.05) is 0 Å². The van der Waals surface area contributed by atoms with Crippen molar-refractivity contribution in [3.8, 4) is 12.3 Å². The fraction of sp³-hybridized carbons (Fsp3) is 0.857. The Morgan fingerprint density at radius 1 is 1.53 bits per heavy atom. The minimum absolute atomic E-state index is 0.304. The minimum atomic E-state index is 0.304. The third-order valence-corrected chi connectivity index (χ3v) is 3.39. The van der Waals surface area contributed by atoms with E-state index in [-0.39, 0.29) is 0 Å². The Kier molecular flexibility index (Phi) is 6.57. The molecule has 0 aliphatic carbocycles. The SMILES string of the molecule is C#CCC(CC)NCC1CN(C(C)C)CCO1. The fourth-order valence-corrected chi connectivity index (χ4v) is 2.14. The van der Waals surface area contributed by atoms with Crippen molar-refractivity contribution in [2.75, 3.05) is 26.2 Å². The first-order valence-electron chi connectivity index (χ1n) is 6.69. The van der Waals surface area contributed by atoms with E-state index in [1.165, 1.54) is 0 Å². The third kappa shape index (κ3) is 5.08. The van der Waals surface area contributed by atoms with Crippen LogP contribution in [0.3, 0.4) is 0 Å². The van der Waals surface area contributed by atoms with E-state index in [1.54, 1.807) is 0 Å². The van der Waals surface area contributed by atoms with Gasteiger partial charge in [-0.15, -0.1) is 12.3 Å². The maximum atomic E-state index is 5.78. The zero-order valence-electron chi connectivity index (χ0n) is 11.4. The van der Waals surface area contributed by atoms with Crippen molar-refractivity contribution in [1.82, 2.24) is 10.2 Å². The van der Waals surface area contributed by atoms with Crippen LogP contribution in [0, 0.1) is 12.3 Å². The number of nitrogens with one attached hydrogen (secondary N) is 1. The first kappa shape index (κ1) is 14.5. The van der Waals surface area contributed by atoms with Gasteiger partial charge in [0.1, 0.15) is 0 Å². The zero-order chi connectivity index (χ0) is 12.7. The van der Waals surface area contributed by atoms with E-state index in [0.717, 1.165) is 39.1 Å². The molecule has 1 heterocycles. The number of hydrogen-bond donors (Lipinski definition) is 1. The molecule has 98 valence electrons. The van der Waals surface area contributed by atoms with E-state index >= 15 is 0 Å². The predicted octanol–water partition coefficient (Wildman–Crippen LogP) is 1.49. The lowest BCUT2D eigenvalue weighted by molar-refractivity contribution is -0.0381. The molecule has 1 aliphatic rings. The smallest absolute Gasteiger partial charge is 0.0826 e. The number of nitrogens with zero attached hydrogens (tertiary/aromatic N) is 1. The molecular weight excluding hydrogens is 212 g/mol. The molecule has 17 heavy (non-hydrogen) atoms. The van der Waals surface area contributed by atoms with Gasteiger partial charge in [-0.1, -0.05) is 6.92 Å². The standard InChI is InChI=1S/C14H26N2O/c1-5-7-13(6-2)15-10-14-11-16(12(3)4)8-9-17-14/h1,12-15H,6-11H2,2-4H3. The monoisotopic (exact) mass is 238 g/mol. The lowest BCUT2D eigenvalue weighted by Gasteiger charge is -2.36. The van der Waals surface area contributed by atoms with Gasteiger partial charge in [-0.25, -0.2) is 0 Å². The molecule has 3 heteroatoms. The van der Waals surface area contributed by atoms with Gasteiger partial charge in [0.2, 0.25) is 0 Å². The molecule has 0 aromatic carbocycles. The molecule has 2 unspecified atom stereocenters. The summed E-state index contributed by atoms with van der Waals surface area (Å²) in [6.45, 7) is 10.5. The third-order valence-electron chi connectivity index (χ3n) is 3.39. The summed E-state index contributed by atoms with van der Waals surface area (Å²) in [5, 5.41) is 3.51. The summed E-state index contributed by atoms with van der Waals surface area (Å²) in [5.74, 6) is 2.72. The van der Waals surface area contributed by atoms with Crippen LogP contribution in [-0.2, 0) is 4.74 Å². The van der Waals surface area contributed by atoms with Crippen LogP contribution in [0.2, 0.25) is 0 Å². The average molecular weight is 238 g/mol. The van der Waals surface area contributed by atoms with Gasteiger partial charge in [0.25, 0.3) is 0 Å². The molecule has 0 bridgehead atoms. The van der Waals surface area contributed by atoms with Crippen LogP contribution in [0.25, 0.3) is 0 Å². The van der Waals surface area contributed by atoms with E-state index in [0.29, 0.717) is 18.2 Å². The highest BCUT2D eigenvalue weighted by Crippen LogP contribution is 2.08. The van der Waals surface area contributed by atoms with Gasteiger partial charge in [-0.3, -0.25) is 4.90 Å². The first-order valence-corrected chi connectivity index (χ1v) is 6.69. The lowest BCUT2D eigenvalue weighted by Crippen LogP contribution is -2.50. The van der Waals surface area contributed by atoms with E-state index < -0.39 is 0 Å². The van der Waals surface area contributed by atoms with Gasteiger partial charge in [0, 0.05) is 38.1 Å². The summed E-state index contributed by atoms with van der Waals surface area (Å²) in [5.41, 5.74) is 0. The van der Waals surface area contributed by atoms with E-state index in [4.69, 9.17) is 11.2 Å². The first-order chi connectivity index (χ1) is 8.17. The number of morpholine rings is 1. The predicted molar refractivity (Wildman–Crippen MR) is 72.0 cm³/mol. The normalized spacial score (nSPS) is 23.6. The van der Waals surface area contributed by atoms with Crippen LogP contribution < -0.4 is 5.32 Å². The van der Waals surface area contributed by atoms with Crippen LogP contribution in [-0.4, -0.2) is 49.3 Å². The molecule has 0 amide bonds. The largest absolute Gasteiger partial charge is 0.374 e. The summed E-state index contributed by atoms with van der Waals surface area (Å²) in [7, 11) is 0. The molecule has 1 saturated heterocycles. The topological polar surface area (TPSA) is 24.5 Å². The second-order valence-electron chi connectivity index (χ2n) is 5.00. The fourth-order valence-electron chi connectivity index (χ4n) is 2.14. The molecular formula is C14H26N2O. The highest BCUT2D eigenvalue weighted by Gasteiger charge is 2.22. The molecule has 0 aromatic rings. The molecule has 1 aliphatic heterocycles. The van der Waals surface area contributed by atoms with Crippen LogP contribution in [0.5, 0.6) is 0 Å². The highest BCUT2D eigenvalue weighted by atomic mass is 16.5. The molecule has 3 nitrogen and oxygen atoms in total. The summed E-state index contributed by atoms with van der Waals surface area (Å²) >= 11 is 0. The van der Waals surface area contributed by atoms with Gasteiger partial charge in [-0.05, 0) is 20.3 Å². The van der Waals surface area contributed by atoms with Gasteiger partial charge in [-0.2, -0.15) is 0 Å².